The van der Waals surface area contributed by atoms with Crippen molar-refractivity contribution in [3.63, 3.8) is 0 Å². The van der Waals surface area contributed by atoms with Crippen molar-refractivity contribution in [3.05, 3.63) is 23.3 Å². The summed E-state index contributed by atoms with van der Waals surface area (Å²) >= 11 is 16.8. The van der Waals surface area contributed by atoms with Gasteiger partial charge in [0, 0.05) is 5.92 Å². The molecule has 4 nitrogen and oxygen atoms in total. The quantitative estimate of drug-likeness (QED) is 0.330. The summed E-state index contributed by atoms with van der Waals surface area (Å²) in [6.07, 6.45) is 5.93. The van der Waals surface area contributed by atoms with Crippen LogP contribution in [-0.4, -0.2) is 34.8 Å². The molecule has 7 heteroatoms. The maximum atomic E-state index is 7.55. The Morgan fingerprint density at radius 3 is 2.74 bits per heavy atom. The van der Waals surface area contributed by atoms with E-state index >= 15 is 0 Å². The number of allylic oxidation sites excluding steroid dienone is 2. The Bertz CT molecular complexity index is 523. The molecule has 1 heterocycles. The molecular formula is C16H22Cl3NO3. The van der Waals surface area contributed by atoms with Crippen LogP contribution in [0.2, 0.25) is 0 Å². The van der Waals surface area contributed by atoms with Crippen molar-refractivity contribution in [2.24, 2.45) is 5.92 Å². The van der Waals surface area contributed by atoms with Gasteiger partial charge < -0.3 is 14.2 Å². The number of alkyl halides is 3. The fourth-order valence-corrected chi connectivity index (χ4v) is 3.00. The van der Waals surface area contributed by atoms with Crippen LogP contribution in [0.4, 0.5) is 0 Å². The molecule has 1 N–H and O–H groups in total. The Hall–Kier alpha value is -0.260. The van der Waals surface area contributed by atoms with Gasteiger partial charge in [-0.2, -0.15) is 0 Å². The second kappa shape index (κ2) is 7.32. The third-order valence-corrected chi connectivity index (χ3v) is 4.53. The highest BCUT2D eigenvalue weighted by Crippen LogP contribution is 2.37. The average molecular weight is 383 g/mol. The molecule has 0 bridgehead atoms. The molecule has 0 aromatic rings. The lowest BCUT2D eigenvalue weighted by Crippen LogP contribution is -2.29. The first-order chi connectivity index (χ1) is 10.6. The van der Waals surface area contributed by atoms with Gasteiger partial charge in [-0.3, -0.25) is 5.41 Å². The molecule has 2 rings (SSSR count). The van der Waals surface area contributed by atoms with Gasteiger partial charge >= 0.3 is 0 Å². The Kier molecular flexibility index (Phi) is 6.07. The zero-order valence-corrected chi connectivity index (χ0v) is 15.8. The molecule has 1 fully saturated rings. The van der Waals surface area contributed by atoms with Crippen molar-refractivity contribution < 1.29 is 14.2 Å². The van der Waals surface area contributed by atoms with Crippen molar-refractivity contribution in [1.82, 2.24) is 0 Å². The van der Waals surface area contributed by atoms with E-state index in [2.05, 4.69) is 13.0 Å². The summed E-state index contributed by atoms with van der Waals surface area (Å²) in [5.41, 5.74) is 2.55. The van der Waals surface area contributed by atoms with Crippen molar-refractivity contribution in [2.45, 2.75) is 49.3 Å². The molecule has 0 aromatic carbocycles. The second-order valence-corrected chi connectivity index (χ2v) is 8.63. The Morgan fingerprint density at radius 1 is 1.48 bits per heavy atom. The summed E-state index contributed by atoms with van der Waals surface area (Å²) in [4.78, 5) is 0. The fourth-order valence-electron chi connectivity index (χ4n) is 2.84. The number of hydrogen-bond donors (Lipinski definition) is 1. The van der Waals surface area contributed by atoms with Crippen LogP contribution in [-0.2, 0) is 14.2 Å². The molecule has 0 aromatic heterocycles. The standard InChI is InChI=1S/C16H22Cl3NO3/c1-10-4-5-11(6-7-21-14(20)16(17,18)19)12(8-10)13-9-22-15(2,3)23-13/h4,6,12-13,20H,5,7-9H2,1-3H3/b11-6-,20-14?/t12-,13+/m0/s1. The summed E-state index contributed by atoms with van der Waals surface area (Å²) in [7, 11) is 0. The van der Waals surface area contributed by atoms with Gasteiger partial charge in [0.2, 0.25) is 5.90 Å². The Morgan fingerprint density at radius 2 is 2.17 bits per heavy atom. The minimum absolute atomic E-state index is 0.0209. The van der Waals surface area contributed by atoms with Crippen molar-refractivity contribution in [2.75, 3.05) is 13.2 Å². The van der Waals surface area contributed by atoms with Crippen molar-refractivity contribution in [3.8, 4) is 0 Å². The van der Waals surface area contributed by atoms with Gasteiger partial charge in [0.15, 0.2) is 5.79 Å². The topological polar surface area (TPSA) is 51.5 Å². The lowest BCUT2D eigenvalue weighted by Gasteiger charge is -2.29. The number of ether oxygens (including phenoxy) is 3. The third kappa shape index (κ3) is 5.36. The van der Waals surface area contributed by atoms with Gasteiger partial charge in [-0.1, -0.05) is 52.0 Å². The first-order valence-corrected chi connectivity index (χ1v) is 8.67. The van der Waals surface area contributed by atoms with E-state index in [0.29, 0.717) is 6.61 Å². The molecule has 0 saturated carbocycles. The van der Waals surface area contributed by atoms with E-state index < -0.39 is 9.58 Å². The fraction of sp³-hybridized carbons (Fsp3) is 0.688. The second-order valence-electron chi connectivity index (χ2n) is 6.35. The molecule has 0 radical (unpaired) electrons. The molecule has 1 aliphatic heterocycles. The molecule has 1 aliphatic carbocycles. The van der Waals surface area contributed by atoms with Crippen LogP contribution < -0.4 is 0 Å². The highest BCUT2D eigenvalue weighted by Gasteiger charge is 2.39. The van der Waals surface area contributed by atoms with E-state index in [0.717, 1.165) is 12.8 Å². The summed E-state index contributed by atoms with van der Waals surface area (Å²) in [6, 6.07) is 0. The largest absolute Gasteiger partial charge is 0.474 e. The molecule has 130 valence electrons. The predicted molar refractivity (Wildman–Crippen MR) is 93.4 cm³/mol. The molecule has 0 amide bonds. The Labute approximate surface area is 152 Å². The van der Waals surface area contributed by atoms with Gasteiger partial charge in [-0.25, -0.2) is 0 Å². The number of nitrogens with one attached hydrogen (secondary N) is 1. The van der Waals surface area contributed by atoms with E-state index in [1.807, 2.05) is 19.9 Å². The summed E-state index contributed by atoms with van der Waals surface area (Å²) in [5.74, 6) is -0.675. The molecule has 2 atom stereocenters. The van der Waals surface area contributed by atoms with Gasteiger partial charge in [0.25, 0.3) is 3.79 Å². The minimum atomic E-state index is -1.83. The molecule has 23 heavy (non-hydrogen) atoms. The number of rotatable bonds is 3. The SMILES string of the molecule is CC1=CC/C(=C/COC(=N)C(Cl)(Cl)Cl)[C@@H]([C@H]2COC(C)(C)O2)C1. The molecule has 0 unspecified atom stereocenters. The van der Waals surface area contributed by atoms with Crippen molar-refractivity contribution >= 4 is 40.7 Å². The predicted octanol–water partition coefficient (Wildman–Crippen LogP) is 4.78. The lowest BCUT2D eigenvalue weighted by atomic mass is 9.81. The number of halogens is 3. The van der Waals surface area contributed by atoms with Crippen molar-refractivity contribution in [1.29, 1.82) is 5.41 Å². The zero-order valence-electron chi connectivity index (χ0n) is 13.5. The first kappa shape index (κ1) is 19.1. The van der Waals surface area contributed by atoms with Crippen LogP contribution >= 0.6 is 34.8 Å². The minimum Gasteiger partial charge on any atom is -0.474 e. The lowest BCUT2D eigenvalue weighted by molar-refractivity contribution is -0.142. The van der Waals surface area contributed by atoms with Gasteiger partial charge in [-0.05, 0) is 39.7 Å². The Balaban J connectivity index is 2.03. The van der Waals surface area contributed by atoms with Gasteiger partial charge in [0.05, 0.1) is 12.7 Å². The first-order valence-electron chi connectivity index (χ1n) is 7.53. The third-order valence-electron chi connectivity index (χ3n) is 4.01. The molecule has 2 aliphatic rings. The maximum Gasteiger partial charge on any atom is 0.265 e. The smallest absolute Gasteiger partial charge is 0.265 e. The van der Waals surface area contributed by atoms with E-state index in [1.165, 1.54) is 11.1 Å². The van der Waals surface area contributed by atoms with E-state index in [1.54, 1.807) is 0 Å². The summed E-state index contributed by atoms with van der Waals surface area (Å²) in [6.45, 7) is 6.75. The summed E-state index contributed by atoms with van der Waals surface area (Å²) < 4.78 is 15.1. The normalized spacial score (nSPS) is 29.5. The van der Waals surface area contributed by atoms with Crippen LogP contribution in [0.5, 0.6) is 0 Å². The van der Waals surface area contributed by atoms with Gasteiger partial charge in [-0.15, -0.1) is 0 Å². The van der Waals surface area contributed by atoms with Crippen LogP contribution in [0.15, 0.2) is 23.3 Å². The monoisotopic (exact) mass is 381 g/mol. The maximum absolute atomic E-state index is 7.55. The van der Waals surface area contributed by atoms with E-state index in [9.17, 15) is 0 Å². The highest BCUT2D eigenvalue weighted by molar-refractivity contribution is 6.76. The van der Waals surface area contributed by atoms with Crippen LogP contribution in [0.1, 0.15) is 33.6 Å². The molecule has 1 saturated heterocycles. The van der Waals surface area contributed by atoms with E-state index in [-0.39, 0.29) is 24.5 Å². The highest BCUT2D eigenvalue weighted by atomic mass is 35.6. The number of hydrogen-bond acceptors (Lipinski definition) is 4. The van der Waals surface area contributed by atoms with E-state index in [4.69, 9.17) is 54.4 Å². The zero-order chi connectivity index (χ0) is 17.3. The van der Waals surface area contributed by atoms with Crippen LogP contribution in [0.25, 0.3) is 0 Å². The van der Waals surface area contributed by atoms with Crippen LogP contribution in [0.3, 0.4) is 0 Å². The molecular weight excluding hydrogens is 361 g/mol. The van der Waals surface area contributed by atoms with Gasteiger partial charge in [0.1, 0.15) is 6.61 Å². The summed E-state index contributed by atoms with van der Waals surface area (Å²) in [5, 5.41) is 7.55. The molecule has 0 spiro atoms. The average Bonchev–Trinajstić information content (AvgIpc) is 2.79. The van der Waals surface area contributed by atoms with Crippen LogP contribution in [0, 0.1) is 11.3 Å².